The summed E-state index contributed by atoms with van der Waals surface area (Å²) < 4.78 is 0.970. The summed E-state index contributed by atoms with van der Waals surface area (Å²) in [6, 6.07) is 8.02. The predicted octanol–water partition coefficient (Wildman–Crippen LogP) is 2.76. The first-order chi connectivity index (χ1) is 8.16. The molecule has 0 saturated heterocycles. The van der Waals surface area contributed by atoms with Crippen LogP contribution in [0.3, 0.4) is 0 Å². The largest absolute Gasteiger partial charge is 0.481 e. The second-order valence-electron chi connectivity index (χ2n) is 4.48. The zero-order chi connectivity index (χ0) is 12.3. The molecular formula is C13H16BrNO2. The molecule has 92 valence electrons. The van der Waals surface area contributed by atoms with Crippen LogP contribution in [0.15, 0.2) is 28.7 Å². The number of carboxylic acid groups (broad SMARTS) is 1. The smallest absolute Gasteiger partial charge is 0.312 e. The number of rotatable bonds is 5. The lowest BCUT2D eigenvalue weighted by Gasteiger charge is -2.28. The maximum absolute atomic E-state index is 11.3. The van der Waals surface area contributed by atoms with Gasteiger partial charge in [-0.1, -0.05) is 34.5 Å². The van der Waals surface area contributed by atoms with Gasteiger partial charge in [0.05, 0.1) is 5.92 Å². The summed E-state index contributed by atoms with van der Waals surface area (Å²) in [5, 5.41) is 12.6. The summed E-state index contributed by atoms with van der Waals surface area (Å²) >= 11 is 3.35. The Labute approximate surface area is 109 Å². The molecule has 1 fully saturated rings. The van der Waals surface area contributed by atoms with Gasteiger partial charge in [0.25, 0.3) is 0 Å². The van der Waals surface area contributed by atoms with E-state index in [1.807, 2.05) is 24.3 Å². The highest BCUT2D eigenvalue weighted by atomic mass is 79.9. The first-order valence-electron chi connectivity index (χ1n) is 5.88. The van der Waals surface area contributed by atoms with Crippen LogP contribution in [0.25, 0.3) is 0 Å². The molecule has 1 aliphatic carbocycles. The van der Waals surface area contributed by atoms with Crippen molar-refractivity contribution < 1.29 is 9.90 Å². The predicted molar refractivity (Wildman–Crippen MR) is 70.2 cm³/mol. The normalized spacial score (nSPS) is 17.5. The van der Waals surface area contributed by atoms with Crippen LogP contribution in [-0.4, -0.2) is 23.7 Å². The highest BCUT2D eigenvalue weighted by molar-refractivity contribution is 9.10. The second-order valence-corrected chi connectivity index (χ2v) is 5.39. The number of hydrogen-bond donors (Lipinski definition) is 2. The van der Waals surface area contributed by atoms with E-state index in [2.05, 4.69) is 21.2 Å². The van der Waals surface area contributed by atoms with E-state index < -0.39 is 11.9 Å². The van der Waals surface area contributed by atoms with Crippen molar-refractivity contribution in [3.8, 4) is 0 Å². The summed E-state index contributed by atoms with van der Waals surface area (Å²) in [6.07, 6.45) is 3.60. The number of carboxylic acids is 1. The number of hydrogen-bond acceptors (Lipinski definition) is 2. The SMILES string of the molecule is O=C(O)C(CNC1CCC1)c1ccc(Br)cc1. The van der Waals surface area contributed by atoms with E-state index in [1.165, 1.54) is 19.3 Å². The number of halogens is 1. The standard InChI is InChI=1S/C13H16BrNO2/c14-10-6-4-9(5-7-10)12(13(16)17)8-15-11-2-1-3-11/h4-7,11-12,15H,1-3,8H2,(H,16,17). The van der Waals surface area contributed by atoms with Gasteiger partial charge in [0.15, 0.2) is 0 Å². The molecule has 0 aromatic heterocycles. The average molecular weight is 298 g/mol. The Balaban J connectivity index is 2.00. The van der Waals surface area contributed by atoms with Gasteiger partial charge in [-0.15, -0.1) is 0 Å². The molecule has 0 aliphatic heterocycles. The summed E-state index contributed by atoms with van der Waals surface area (Å²) in [5.74, 6) is -1.22. The second kappa shape index (κ2) is 5.65. The molecule has 1 unspecified atom stereocenters. The van der Waals surface area contributed by atoms with Crippen molar-refractivity contribution in [2.75, 3.05) is 6.54 Å². The fraction of sp³-hybridized carbons (Fsp3) is 0.462. The Morgan fingerprint density at radius 3 is 2.53 bits per heavy atom. The minimum absolute atomic E-state index is 0.455. The number of carbonyl (C=O) groups is 1. The van der Waals surface area contributed by atoms with Crippen molar-refractivity contribution >= 4 is 21.9 Å². The van der Waals surface area contributed by atoms with Gasteiger partial charge in [0.2, 0.25) is 0 Å². The van der Waals surface area contributed by atoms with E-state index in [4.69, 9.17) is 0 Å². The molecule has 1 aromatic carbocycles. The molecule has 0 heterocycles. The van der Waals surface area contributed by atoms with Crippen molar-refractivity contribution in [2.24, 2.45) is 0 Å². The van der Waals surface area contributed by atoms with Gasteiger partial charge < -0.3 is 10.4 Å². The molecular weight excluding hydrogens is 282 g/mol. The van der Waals surface area contributed by atoms with Crippen LogP contribution in [0.4, 0.5) is 0 Å². The summed E-state index contributed by atoms with van der Waals surface area (Å²) in [7, 11) is 0. The topological polar surface area (TPSA) is 49.3 Å². The van der Waals surface area contributed by atoms with Crippen molar-refractivity contribution in [3.63, 3.8) is 0 Å². The Bertz CT molecular complexity index is 387. The van der Waals surface area contributed by atoms with Crippen molar-refractivity contribution in [2.45, 2.75) is 31.2 Å². The lowest BCUT2D eigenvalue weighted by atomic mass is 9.91. The molecule has 1 aromatic rings. The van der Waals surface area contributed by atoms with Gasteiger partial charge in [-0.05, 0) is 30.5 Å². The summed E-state index contributed by atoms with van der Waals surface area (Å²) in [5.41, 5.74) is 0.854. The third kappa shape index (κ3) is 3.30. The highest BCUT2D eigenvalue weighted by Gasteiger charge is 2.23. The van der Waals surface area contributed by atoms with E-state index in [-0.39, 0.29) is 0 Å². The number of benzene rings is 1. The van der Waals surface area contributed by atoms with Crippen LogP contribution < -0.4 is 5.32 Å². The van der Waals surface area contributed by atoms with Crippen LogP contribution in [0.1, 0.15) is 30.7 Å². The van der Waals surface area contributed by atoms with Gasteiger partial charge in [-0.25, -0.2) is 0 Å². The maximum Gasteiger partial charge on any atom is 0.312 e. The Morgan fingerprint density at radius 1 is 1.41 bits per heavy atom. The van der Waals surface area contributed by atoms with Crippen LogP contribution >= 0.6 is 15.9 Å². The fourth-order valence-electron chi connectivity index (χ4n) is 1.94. The number of nitrogens with one attached hydrogen (secondary N) is 1. The van der Waals surface area contributed by atoms with E-state index in [9.17, 15) is 9.90 Å². The maximum atomic E-state index is 11.3. The molecule has 17 heavy (non-hydrogen) atoms. The molecule has 0 bridgehead atoms. The third-order valence-electron chi connectivity index (χ3n) is 3.29. The zero-order valence-electron chi connectivity index (χ0n) is 9.53. The van der Waals surface area contributed by atoms with Gasteiger partial charge in [0, 0.05) is 17.1 Å². The minimum atomic E-state index is -0.765. The highest BCUT2D eigenvalue weighted by Crippen LogP contribution is 2.22. The Kier molecular flexibility index (Phi) is 4.18. The lowest BCUT2D eigenvalue weighted by molar-refractivity contribution is -0.138. The quantitative estimate of drug-likeness (QED) is 0.879. The molecule has 2 rings (SSSR count). The molecule has 2 N–H and O–H groups in total. The van der Waals surface area contributed by atoms with Crippen molar-refractivity contribution in [1.82, 2.24) is 5.32 Å². The molecule has 1 saturated carbocycles. The monoisotopic (exact) mass is 297 g/mol. The van der Waals surface area contributed by atoms with Crippen LogP contribution in [0, 0.1) is 0 Å². The Morgan fingerprint density at radius 2 is 2.06 bits per heavy atom. The van der Waals surface area contributed by atoms with Crippen LogP contribution in [0.5, 0.6) is 0 Å². The van der Waals surface area contributed by atoms with E-state index in [1.54, 1.807) is 0 Å². The molecule has 1 aliphatic rings. The molecule has 3 nitrogen and oxygen atoms in total. The average Bonchev–Trinajstić information content (AvgIpc) is 2.23. The van der Waals surface area contributed by atoms with Gasteiger partial charge in [0.1, 0.15) is 0 Å². The van der Waals surface area contributed by atoms with Gasteiger partial charge in [-0.2, -0.15) is 0 Å². The fourth-order valence-corrected chi connectivity index (χ4v) is 2.20. The zero-order valence-corrected chi connectivity index (χ0v) is 11.1. The van der Waals surface area contributed by atoms with Crippen LogP contribution in [0.2, 0.25) is 0 Å². The van der Waals surface area contributed by atoms with Crippen molar-refractivity contribution in [3.05, 3.63) is 34.3 Å². The minimum Gasteiger partial charge on any atom is -0.481 e. The molecule has 0 radical (unpaired) electrons. The van der Waals surface area contributed by atoms with Gasteiger partial charge >= 0.3 is 5.97 Å². The van der Waals surface area contributed by atoms with Crippen LogP contribution in [-0.2, 0) is 4.79 Å². The molecule has 0 spiro atoms. The van der Waals surface area contributed by atoms with E-state index in [0.717, 1.165) is 10.0 Å². The molecule has 4 heteroatoms. The van der Waals surface area contributed by atoms with Crippen molar-refractivity contribution in [1.29, 1.82) is 0 Å². The molecule has 0 amide bonds. The van der Waals surface area contributed by atoms with E-state index >= 15 is 0 Å². The van der Waals surface area contributed by atoms with E-state index in [0.29, 0.717) is 12.6 Å². The summed E-state index contributed by atoms with van der Waals surface area (Å²) in [4.78, 5) is 11.3. The first kappa shape index (κ1) is 12.6. The first-order valence-corrected chi connectivity index (χ1v) is 6.68. The lowest BCUT2D eigenvalue weighted by Crippen LogP contribution is -2.39. The molecule has 1 atom stereocenters. The summed E-state index contributed by atoms with van der Waals surface area (Å²) in [6.45, 7) is 0.516. The Hall–Kier alpha value is -0.870. The third-order valence-corrected chi connectivity index (χ3v) is 3.81. The van der Waals surface area contributed by atoms with Gasteiger partial charge in [-0.3, -0.25) is 4.79 Å². The number of aliphatic carboxylic acids is 1.